The van der Waals surface area contributed by atoms with Crippen LogP contribution in [0.25, 0.3) is 0 Å². The van der Waals surface area contributed by atoms with Crippen molar-refractivity contribution in [2.45, 2.75) is 32.2 Å². The Balaban J connectivity index is 2.43. The van der Waals surface area contributed by atoms with Crippen LogP contribution in [0.5, 0.6) is 5.75 Å². The normalized spacial score (nSPS) is 20.5. The maximum Gasteiger partial charge on any atom is 0.317 e. The highest BCUT2D eigenvalue weighted by Crippen LogP contribution is 2.48. The van der Waals surface area contributed by atoms with Crippen LogP contribution < -0.4 is 0 Å². The fourth-order valence-corrected chi connectivity index (χ4v) is 3.26. The van der Waals surface area contributed by atoms with Crippen LogP contribution in [-0.2, 0) is 9.59 Å². The molecule has 0 aromatic heterocycles. The van der Waals surface area contributed by atoms with Gasteiger partial charge in [0, 0.05) is 11.6 Å². The molecule has 3 N–H and O–H groups in total. The Morgan fingerprint density at radius 1 is 1.19 bits per heavy atom. The molecule has 0 saturated carbocycles. The van der Waals surface area contributed by atoms with Gasteiger partial charge in [0.05, 0.1) is 13.1 Å². The number of fused-ring (bicyclic) bond motifs is 1. The third-order valence-electron chi connectivity index (χ3n) is 4.00. The average molecular weight is 293 g/mol. The lowest BCUT2D eigenvalue weighted by atomic mass is 9.97. The number of phenols is 1. The lowest BCUT2D eigenvalue weighted by molar-refractivity contribution is -0.143. The van der Waals surface area contributed by atoms with Crippen molar-refractivity contribution < 1.29 is 24.9 Å². The molecular formula is C15H19NO5. The summed E-state index contributed by atoms with van der Waals surface area (Å²) in [5.41, 5.74) is 2.70. The largest absolute Gasteiger partial charge is 0.508 e. The van der Waals surface area contributed by atoms with Crippen LogP contribution in [-0.4, -0.2) is 45.2 Å². The van der Waals surface area contributed by atoms with E-state index in [1.165, 1.54) is 4.90 Å². The van der Waals surface area contributed by atoms with Crippen LogP contribution in [0, 0.1) is 6.92 Å². The molecule has 1 aromatic carbocycles. The van der Waals surface area contributed by atoms with E-state index in [-0.39, 0.29) is 30.8 Å². The molecule has 0 fully saturated rings. The first-order valence-electron chi connectivity index (χ1n) is 6.81. The third kappa shape index (κ3) is 3.00. The molecular weight excluding hydrogens is 274 g/mol. The molecule has 21 heavy (non-hydrogen) atoms. The molecule has 1 aliphatic rings. The smallest absolute Gasteiger partial charge is 0.317 e. The van der Waals surface area contributed by atoms with Gasteiger partial charge in [0.15, 0.2) is 0 Å². The maximum absolute atomic E-state index is 11.0. The van der Waals surface area contributed by atoms with Crippen molar-refractivity contribution in [1.82, 2.24) is 4.90 Å². The Morgan fingerprint density at radius 3 is 2.29 bits per heavy atom. The molecule has 0 spiro atoms. The van der Waals surface area contributed by atoms with Gasteiger partial charge in [-0.2, -0.15) is 0 Å². The van der Waals surface area contributed by atoms with Crippen LogP contribution in [0.1, 0.15) is 42.0 Å². The minimum absolute atomic E-state index is 0.103. The number of aryl methyl sites for hydroxylation is 1. The van der Waals surface area contributed by atoms with E-state index in [2.05, 4.69) is 0 Å². The number of aromatic hydroxyl groups is 1. The Bertz CT molecular complexity index is 568. The Kier molecular flexibility index (Phi) is 4.18. The van der Waals surface area contributed by atoms with Crippen LogP contribution in [0.15, 0.2) is 12.1 Å². The first-order valence-corrected chi connectivity index (χ1v) is 6.81. The summed E-state index contributed by atoms with van der Waals surface area (Å²) >= 11 is 0. The number of carboxylic acid groups (broad SMARTS) is 2. The van der Waals surface area contributed by atoms with Crippen LogP contribution in [0.3, 0.4) is 0 Å². The van der Waals surface area contributed by atoms with Gasteiger partial charge in [-0.05, 0) is 36.5 Å². The van der Waals surface area contributed by atoms with Crippen molar-refractivity contribution in [3.63, 3.8) is 0 Å². The van der Waals surface area contributed by atoms with Gasteiger partial charge in [-0.15, -0.1) is 0 Å². The van der Waals surface area contributed by atoms with Crippen molar-refractivity contribution in [1.29, 1.82) is 0 Å². The molecule has 0 radical (unpaired) electrons. The minimum atomic E-state index is -1.08. The molecule has 2 rings (SSSR count). The average Bonchev–Trinajstić information content (AvgIpc) is 2.71. The molecule has 0 heterocycles. The summed E-state index contributed by atoms with van der Waals surface area (Å²) in [6, 6.07) is 3.02. The summed E-state index contributed by atoms with van der Waals surface area (Å²) in [4.78, 5) is 23.4. The van der Waals surface area contributed by atoms with E-state index in [0.717, 1.165) is 11.1 Å². The van der Waals surface area contributed by atoms with E-state index >= 15 is 0 Å². The highest BCUT2D eigenvalue weighted by atomic mass is 16.4. The zero-order valence-electron chi connectivity index (χ0n) is 12.0. The van der Waals surface area contributed by atoms with Crippen LogP contribution in [0.4, 0.5) is 0 Å². The second kappa shape index (κ2) is 5.73. The van der Waals surface area contributed by atoms with E-state index in [1.807, 2.05) is 19.9 Å². The van der Waals surface area contributed by atoms with Gasteiger partial charge in [0.25, 0.3) is 0 Å². The molecule has 1 aliphatic carbocycles. The summed E-state index contributed by atoms with van der Waals surface area (Å²) in [5, 5.41) is 28.1. The fourth-order valence-electron chi connectivity index (χ4n) is 3.26. The monoisotopic (exact) mass is 293 g/mol. The summed E-state index contributed by atoms with van der Waals surface area (Å²) in [5.74, 6) is -1.90. The number of carboxylic acids is 2. The molecule has 2 unspecified atom stereocenters. The minimum Gasteiger partial charge on any atom is -0.508 e. The first-order chi connectivity index (χ1) is 9.81. The van der Waals surface area contributed by atoms with Gasteiger partial charge in [-0.25, -0.2) is 0 Å². The Morgan fingerprint density at radius 2 is 1.76 bits per heavy atom. The number of hydrogen-bond acceptors (Lipinski definition) is 4. The number of rotatable bonds is 5. The molecule has 0 bridgehead atoms. The summed E-state index contributed by atoms with van der Waals surface area (Å²) in [6.45, 7) is 3.22. The highest BCUT2D eigenvalue weighted by Gasteiger charge is 2.37. The van der Waals surface area contributed by atoms with Gasteiger partial charge in [0.1, 0.15) is 5.75 Å². The molecule has 2 atom stereocenters. The van der Waals surface area contributed by atoms with Crippen molar-refractivity contribution in [3.05, 3.63) is 28.8 Å². The number of carbonyl (C=O) groups is 2. The first kappa shape index (κ1) is 15.3. The van der Waals surface area contributed by atoms with E-state index in [1.54, 1.807) is 6.07 Å². The van der Waals surface area contributed by atoms with E-state index in [0.29, 0.717) is 12.0 Å². The molecule has 114 valence electrons. The zero-order chi connectivity index (χ0) is 15.7. The Labute approximate surface area is 122 Å². The van der Waals surface area contributed by atoms with Crippen LogP contribution >= 0.6 is 0 Å². The van der Waals surface area contributed by atoms with Crippen LogP contribution in [0.2, 0.25) is 0 Å². The highest BCUT2D eigenvalue weighted by molar-refractivity contribution is 5.73. The second-order valence-corrected chi connectivity index (χ2v) is 5.57. The van der Waals surface area contributed by atoms with Crippen molar-refractivity contribution in [2.24, 2.45) is 0 Å². The third-order valence-corrected chi connectivity index (χ3v) is 4.00. The van der Waals surface area contributed by atoms with Gasteiger partial charge < -0.3 is 15.3 Å². The van der Waals surface area contributed by atoms with Crippen molar-refractivity contribution in [3.8, 4) is 5.75 Å². The zero-order valence-corrected chi connectivity index (χ0v) is 12.0. The molecule has 6 heteroatoms. The standard InChI is InChI=1S/C15H19NO5/c1-8-3-4-11(17)15-10(5-9(2)14(8)15)16(6-12(18)19)7-13(20)21/h3-4,9-10,17H,5-7H2,1-2H3,(H,18,19)(H,20,21). The lowest BCUT2D eigenvalue weighted by Crippen LogP contribution is -2.37. The Hall–Kier alpha value is -2.08. The van der Waals surface area contributed by atoms with Gasteiger partial charge in [-0.3, -0.25) is 14.5 Å². The molecule has 1 aromatic rings. The fraction of sp³-hybridized carbons (Fsp3) is 0.467. The van der Waals surface area contributed by atoms with Crippen molar-refractivity contribution in [2.75, 3.05) is 13.1 Å². The number of hydrogen-bond donors (Lipinski definition) is 3. The van der Waals surface area contributed by atoms with Gasteiger partial charge in [0.2, 0.25) is 0 Å². The SMILES string of the molecule is Cc1ccc(O)c2c1C(C)CC2N(CC(=O)O)CC(=O)O. The van der Waals surface area contributed by atoms with E-state index < -0.39 is 11.9 Å². The molecule has 6 nitrogen and oxygen atoms in total. The lowest BCUT2D eigenvalue weighted by Gasteiger charge is -2.27. The van der Waals surface area contributed by atoms with E-state index in [4.69, 9.17) is 10.2 Å². The summed E-state index contributed by atoms with van der Waals surface area (Å²) < 4.78 is 0. The number of phenolic OH excluding ortho intramolecular Hbond substituents is 1. The number of nitrogens with zero attached hydrogens (tertiary/aromatic N) is 1. The molecule has 0 aliphatic heterocycles. The molecule has 0 amide bonds. The number of aliphatic carboxylic acids is 2. The van der Waals surface area contributed by atoms with E-state index in [9.17, 15) is 14.7 Å². The van der Waals surface area contributed by atoms with Gasteiger partial charge >= 0.3 is 11.9 Å². The predicted octanol–water partition coefficient (Wildman–Crippen LogP) is 1.72. The second-order valence-electron chi connectivity index (χ2n) is 5.57. The quantitative estimate of drug-likeness (QED) is 0.764. The topological polar surface area (TPSA) is 98.1 Å². The van der Waals surface area contributed by atoms with Gasteiger partial charge in [-0.1, -0.05) is 13.0 Å². The number of benzene rings is 1. The molecule has 0 saturated heterocycles. The summed E-state index contributed by atoms with van der Waals surface area (Å²) in [7, 11) is 0. The maximum atomic E-state index is 11.0. The predicted molar refractivity (Wildman–Crippen MR) is 75.5 cm³/mol. The van der Waals surface area contributed by atoms with Crippen molar-refractivity contribution >= 4 is 11.9 Å². The summed E-state index contributed by atoms with van der Waals surface area (Å²) in [6.07, 6.45) is 0.605.